The van der Waals surface area contributed by atoms with Gasteiger partial charge < -0.3 is 14.2 Å². The van der Waals surface area contributed by atoms with Gasteiger partial charge in [-0.05, 0) is 26.2 Å². The number of esters is 2. The molecule has 0 aromatic heterocycles. The molecule has 3 rings (SSSR count). The maximum absolute atomic E-state index is 12.3. The van der Waals surface area contributed by atoms with Crippen LogP contribution in [-0.4, -0.2) is 36.4 Å². The Hall–Kier alpha value is -1.10. The molecule has 0 saturated carbocycles. The van der Waals surface area contributed by atoms with E-state index in [-0.39, 0.29) is 30.1 Å². The minimum absolute atomic E-state index is 0.145. The number of hydrogen-bond acceptors (Lipinski definition) is 5. The van der Waals surface area contributed by atoms with Crippen LogP contribution >= 0.6 is 0 Å². The lowest BCUT2D eigenvalue weighted by atomic mass is 9.84. The summed E-state index contributed by atoms with van der Waals surface area (Å²) < 4.78 is 16.6. The summed E-state index contributed by atoms with van der Waals surface area (Å²) in [6.45, 7) is 5.87. The largest absolute Gasteiger partial charge is 0.455 e. The predicted octanol–water partition coefficient (Wildman–Crippen LogP) is 1.44. The van der Waals surface area contributed by atoms with Crippen LogP contribution in [0.3, 0.4) is 0 Å². The van der Waals surface area contributed by atoms with Crippen molar-refractivity contribution >= 4 is 11.9 Å². The fraction of sp³-hybridized carbons (Fsp3) is 0.857. The molecule has 0 aliphatic carbocycles. The Balaban J connectivity index is 1.72. The molecule has 0 aromatic carbocycles. The van der Waals surface area contributed by atoms with Gasteiger partial charge in [0.1, 0.15) is 6.10 Å². The first kappa shape index (κ1) is 12.9. The molecule has 0 amide bonds. The average Bonchev–Trinajstić information content (AvgIpc) is 3.02. The molecule has 0 spiro atoms. The lowest BCUT2D eigenvalue weighted by Crippen LogP contribution is -2.43. The molecule has 2 bridgehead atoms. The highest BCUT2D eigenvalue weighted by Crippen LogP contribution is 2.48. The number of hydrogen-bond donors (Lipinski definition) is 0. The van der Waals surface area contributed by atoms with E-state index < -0.39 is 17.6 Å². The third-order valence-electron chi connectivity index (χ3n) is 5.08. The first-order valence-corrected chi connectivity index (χ1v) is 7.07. The smallest absolute Gasteiger partial charge is 0.312 e. The van der Waals surface area contributed by atoms with Gasteiger partial charge in [-0.1, -0.05) is 13.8 Å². The minimum Gasteiger partial charge on any atom is -0.455 e. The highest BCUT2D eigenvalue weighted by Gasteiger charge is 2.65. The summed E-state index contributed by atoms with van der Waals surface area (Å²) in [5.41, 5.74) is -0.468. The minimum atomic E-state index is -0.468. The van der Waals surface area contributed by atoms with E-state index in [1.807, 2.05) is 20.8 Å². The lowest BCUT2D eigenvalue weighted by Gasteiger charge is -2.29. The van der Waals surface area contributed by atoms with Crippen LogP contribution in [0.25, 0.3) is 0 Å². The Kier molecular flexibility index (Phi) is 2.85. The van der Waals surface area contributed by atoms with E-state index in [9.17, 15) is 9.59 Å². The highest BCUT2D eigenvalue weighted by atomic mass is 16.7. The van der Waals surface area contributed by atoms with Crippen LogP contribution in [0.2, 0.25) is 0 Å². The Labute approximate surface area is 112 Å². The molecule has 3 heterocycles. The van der Waals surface area contributed by atoms with Gasteiger partial charge in [0.25, 0.3) is 0 Å². The molecule has 3 fully saturated rings. The fourth-order valence-corrected chi connectivity index (χ4v) is 3.19. The van der Waals surface area contributed by atoms with Crippen LogP contribution in [0.4, 0.5) is 0 Å². The van der Waals surface area contributed by atoms with E-state index in [2.05, 4.69) is 0 Å². The first-order valence-electron chi connectivity index (χ1n) is 7.07. The second-order valence-electron chi connectivity index (χ2n) is 6.02. The monoisotopic (exact) mass is 268 g/mol. The van der Waals surface area contributed by atoms with Gasteiger partial charge in [0.05, 0.1) is 17.4 Å². The van der Waals surface area contributed by atoms with E-state index >= 15 is 0 Å². The molecule has 0 radical (unpaired) electrons. The molecule has 0 N–H and O–H groups in total. The third kappa shape index (κ3) is 1.71. The normalized spacial score (nSPS) is 39.5. The molecular formula is C14H20O5. The van der Waals surface area contributed by atoms with E-state index in [0.717, 1.165) is 12.8 Å². The Bertz CT molecular complexity index is 414. The van der Waals surface area contributed by atoms with Crippen LogP contribution in [0.5, 0.6) is 0 Å². The molecule has 3 aliphatic heterocycles. The Morgan fingerprint density at radius 1 is 1.37 bits per heavy atom. The van der Waals surface area contributed by atoms with Gasteiger partial charge in [-0.3, -0.25) is 9.59 Å². The average molecular weight is 268 g/mol. The van der Waals surface area contributed by atoms with Gasteiger partial charge in [-0.2, -0.15) is 0 Å². The summed E-state index contributed by atoms with van der Waals surface area (Å²) in [5.74, 6) is -0.559. The molecule has 19 heavy (non-hydrogen) atoms. The molecule has 3 aliphatic rings. The molecule has 106 valence electrons. The number of carbonyl (C=O) groups excluding carboxylic acids is 2. The topological polar surface area (TPSA) is 61.8 Å². The summed E-state index contributed by atoms with van der Waals surface area (Å²) in [6.07, 6.45) is 0.898. The SMILES string of the molecule is CCC(C)(CC)C(=O)OC1C2CC3C(=O)OC1C3O2. The summed E-state index contributed by atoms with van der Waals surface area (Å²) in [5, 5.41) is 0. The molecule has 0 aromatic rings. The first-order chi connectivity index (χ1) is 9.00. The molecule has 5 heteroatoms. The van der Waals surface area contributed by atoms with Gasteiger partial charge in [0.2, 0.25) is 0 Å². The van der Waals surface area contributed by atoms with Crippen molar-refractivity contribution < 1.29 is 23.8 Å². The van der Waals surface area contributed by atoms with E-state index in [1.165, 1.54) is 0 Å². The van der Waals surface area contributed by atoms with Crippen molar-refractivity contribution in [1.29, 1.82) is 0 Å². The highest BCUT2D eigenvalue weighted by molar-refractivity contribution is 5.79. The molecule has 5 nitrogen and oxygen atoms in total. The quantitative estimate of drug-likeness (QED) is 0.722. The van der Waals surface area contributed by atoms with Crippen LogP contribution in [-0.2, 0) is 23.8 Å². The van der Waals surface area contributed by atoms with Crippen molar-refractivity contribution in [3.8, 4) is 0 Å². The molecule has 5 atom stereocenters. The van der Waals surface area contributed by atoms with Crippen molar-refractivity contribution in [1.82, 2.24) is 0 Å². The van der Waals surface area contributed by atoms with E-state index in [1.54, 1.807) is 0 Å². The van der Waals surface area contributed by atoms with Gasteiger partial charge in [0.15, 0.2) is 12.2 Å². The maximum atomic E-state index is 12.3. The standard InChI is InChI=1S/C14H20O5/c1-4-14(3,5-2)13(16)19-10-8-6-7-9(17-8)11(10)18-12(7)15/h7-11H,4-6H2,1-3H3. The van der Waals surface area contributed by atoms with Gasteiger partial charge in [-0.15, -0.1) is 0 Å². The number of fused-ring (bicyclic) bond motifs is 1. The van der Waals surface area contributed by atoms with Gasteiger partial charge in [0, 0.05) is 0 Å². The van der Waals surface area contributed by atoms with Crippen LogP contribution in [0, 0.1) is 11.3 Å². The number of ether oxygens (including phenoxy) is 3. The molecule has 5 unspecified atom stereocenters. The van der Waals surface area contributed by atoms with E-state index in [0.29, 0.717) is 6.42 Å². The maximum Gasteiger partial charge on any atom is 0.312 e. The van der Waals surface area contributed by atoms with Crippen LogP contribution in [0.15, 0.2) is 0 Å². The van der Waals surface area contributed by atoms with Crippen molar-refractivity contribution in [2.75, 3.05) is 0 Å². The number of rotatable bonds is 4. The summed E-state index contributed by atoms with van der Waals surface area (Å²) in [6, 6.07) is 0. The molecule has 3 saturated heterocycles. The summed E-state index contributed by atoms with van der Waals surface area (Å²) in [7, 11) is 0. The Morgan fingerprint density at radius 3 is 2.68 bits per heavy atom. The third-order valence-corrected chi connectivity index (χ3v) is 5.08. The van der Waals surface area contributed by atoms with Crippen molar-refractivity contribution in [3.05, 3.63) is 0 Å². The second kappa shape index (κ2) is 4.20. The van der Waals surface area contributed by atoms with Crippen molar-refractivity contribution in [2.24, 2.45) is 11.3 Å². The zero-order chi connectivity index (χ0) is 13.8. The predicted molar refractivity (Wildman–Crippen MR) is 65.2 cm³/mol. The van der Waals surface area contributed by atoms with Crippen molar-refractivity contribution in [3.63, 3.8) is 0 Å². The van der Waals surface area contributed by atoms with E-state index in [4.69, 9.17) is 14.2 Å². The Morgan fingerprint density at radius 2 is 2.05 bits per heavy atom. The summed E-state index contributed by atoms with van der Waals surface area (Å²) in [4.78, 5) is 23.9. The molecular weight excluding hydrogens is 248 g/mol. The second-order valence-corrected chi connectivity index (χ2v) is 6.02. The van der Waals surface area contributed by atoms with Gasteiger partial charge >= 0.3 is 11.9 Å². The zero-order valence-electron chi connectivity index (χ0n) is 11.5. The van der Waals surface area contributed by atoms with Crippen LogP contribution in [0.1, 0.15) is 40.0 Å². The fourth-order valence-electron chi connectivity index (χ4n) is 3.19. The van der Waals surface area contributed by atoms with Gasteiger partial charge in [-0.25, -0.2) is 0 Å². The lowest BCUT2D eigenvalue weighted by molar-refractivity contribution is -0.170. The number of carbonyl (C=O) groups is 2. The summed E-state index contributed by atoms with van der Waals surface area (Å²) >= 11 is 0. The van der Waals surface area contributed by atoms with Crippen LogP contribution < -0.4 is 0 Å². The zero-order valence-corrected chi connectivity index (χ0v) is 11.5. The van der Waals surface area contributed by atoms with Crippen molar-refractivity contribution in [2.45, 2.75) is 64.4 Å².